The lowest BCUT2D eigenvalue weighted by molar-refractivity contribution is -0.360. The molecule has 0 aliphatic heterocycles. The van der Waals surface area contributed by atoms with Crippen molar-refractivity contribution < 1.29 is 67.6 Å². The monoisotopic (exact) mass is 914 g/mol. The first-order valence-electron chi connectivity index (χ1n) is 20.2. The summed E-state index contributed by atoms with van der Waals surface area (Å²) in [6.07, 6.45) is -24.1. The Labute approximate surface area is 369 Å². The number of alkyl halides is 10. The minimum Gasteiger partial charge on any atom is -0.457 e. The highest BCUT2D eigenvalue weighted by Crippen LogP contribution is 2.42. The van der Waals surface area contributed by atoms with Crippen LogP contribution < -0.4 is 18.9 Å². The second-order valence-electron chi connectivity index (χ2n) is 16.4. The van der Waals surface area contributed by atoms with E-state index < -0.39 is 59.1 Å². The Kier molecular flexibility index (Phi) is 14.2. The van der Waals surface area contributed by atoms with Gasteiger partial charge in [0.25, 0.3) is 0 Å². The van der Waals surface area contributed by atoms with Gasteiger partial charge in [-0.25, -0.2) is 0 Å². The Morgan fingerprint density at radius 1 is 0.369 bits per heavy atom. The molecule has 6 aromatic carbocycles. The molecule has 2 unspecified atom stereocenters. The van der Waals surface area contributed by atoms with Gasteiger partial charge in [-0.3, -0.25) is 0 Å². The minimum atomic E-state index is -5.96. The molecule has 6 aromatic rings. The fourth-order valence-electron chi connectivity index (χ4n) is 6.98. The van der Waals surface area contributed by atoms with Crippen LogP contribution in [0.3, 0.4) is 0 Å². The largest absolute Gasteiger partial charge is 0.499 e. The van der Waals surface area contributed by atoms with Gasteiger partial charge in [-0.05, 0) is 108 Å². The van der Waals surface area contributed by atoms with E-state index in [1.165, 1.54) is 24.3 Å². The van der Waals surface area contributed by atoms with E-state index in [-0.39, 0.29) is 12.8 Å². The number of benzene rings is 6. The van der Waals surface area contributed by atoms with Crippen LogP contribution in [0.2, 0.25) is 0 Å². The average molecular weight is 915 g/mol. The maximum Gasteiger partial charge on any atom is 0.499 e. The smallest absolute Gasteiger partial charge is 0.457 e. The van der Waals surface area contributed by atoms with E-state index in [1.54, 1.807) is 48.5 Å². The van der Waals surface area contributed by atoms with Gasteiger partial charge in [-0.2, -0.15) is 43.9 Å². The molecule has 0 bridgehead atoms. The van der Waals surface area contributed by atoms with Crippen LogP contribution in [0.5, 0.6) is 34.5 Å². The van der Waals surface area contributed by atoms with Gasteiger partial charge in [0.15, 0.2) is 0 Å². The summed E-state index contributed by atoms with van der Waals surface area (Å²) < 4.78 is 161. The quantitative estimate of drug-likeness (QED) is 0.0804. The molecule has 0 N–H and O–H groups in total. The third-order valence-corrected chi connectivity index (χ3v) is 10.9. The summed E-state index contributed by atoms with van der Waals surface area (Å²) in [5.74, 6) is 0.704. The van der Waals surface area contributed by atoms with Crippen molar-refractivity contribution >= 4 is 0 Å². The number of halogens is 10. The van der Waals surface area contributed by atoms with Crippen LogP contribution in [0, 0.1) is 0 Å². The van der Waals surface area contributed by atoms with Gasteiger partial charge in [0, 0.05) is 10.8 Å². The van der Waals surface area contributed by atoms with Gasteiger partial charge in [-0.1, -0.05) is 113 Å². The molecule has 0 aromatic heterocycles. The van der Waals surface area contributed by atoms with Crippen molar-refractivity contribution in [2.45, 2.75) is 88.1 Å². The van der Waals surface area contributed by atoms with Crippen LogP contribution >= 0.6 is 0 Å². The predicted octanol–water partition coefficient (Wildman–Crippen LogP) is 14.8. The van der Waals surface area contributed by atoms with Crippen molar-refractivity contribution in [2.24, 2.45) is 0 Å². The van der Waals surface area contributed by atoms with Gasteiger partial charge in [0.2, 0.25) is 0 Å². The van der Waals surface area contributed by atoms with Gasteiger partial charge in [0.1, 0.15) is 34.5 Å². The van der Waals surface area contributed by atoms with Crippen molar-refractivity contribution in [3.05, 3.63) is 180 Å². The predicted molar refractivity (Wildman–Crippen MR) is 224 cm³/mol. The molecular formula is C50H44F10O5. The second-order valence-corrected chi connectivity index (χ2v) is 16.4. The molecule has 15 heteroatoms. The van der Waals surface area contributed by atoms with Crippen molar-refractivity contribution in [1.82, 2.24) is 0 Å². The molecule has 0 radical (unpaired) electrons. The van der Waals surface area contributed by atoms with E-state index in [4.69, 9.17) is 14.2 Å². The third-order valence-electron chi connectivity index (χ3n) is 10.9. The lowest BCUT2D eigenvalue weighted by atomic mass is 9.74. The first-order valence-corrected chi connectivity index (χ1v) is 20.2. The van der Waals surface area contributed by atoms with Crippen LogP contribution in [-0.2, 0) is 28.4 Å². The molecule has 5 nitrogen and oxygen atoms in total. The number of ether oxygens (including phenoxy) is 5. The Balaban J connectivity index is 1.40. The zero-order valence-electron chi connectivity index (χ0n) is 35.4. The highest BCUT2D eigenvalue weighted by molar-refractivity contribution is 5.39. The SMILES string of the molecule is CC(C)(c1ccc(OC(F)(F)C(F)(F)F)cc1)C(Cc1cccc(Oc2ccccc2)c1)OC(Cc1cccc(Oc2ccccc2)c1)C(C)(C)c1ccc(OC(F)(F)C(F)(F)F)cc1. The number of rotatable bonds is 18. The van der Waals surface area contributed by atoms with Crippen molar-refractivity contribution in [1.29, 1.82) is 0 Å². The highest BCUT2D eigenvalue weighted by atomic mass is 19.4. The number of para-hydroxylation sites is 2. The maximum absolute atomic E-state index is 13.9. The van der Waals surface area contributed by atoms with E-state index >= 15 is 0 Å². The van der Waals surface area contributed by atoms with Gasteiger partial charge >= 0.3 is 24.6 Å². The van der Waals surface area contributed by atoms with Gasteiger partial charge < -0.3 is 23.7 Å². The zero-order chi connectivity index (χ0) is 47.3. The third kappa shape index (κ3) is 12.1. The Morgan fingerprint density at radius 2 is 0.692 bits per heavy atom. The summed E-state index contributed by atoms with van der Waals surface area (Å²) in [4.78, 5) is 0. The number of hydrogen-bond acceptors (Lipinski definition) is 5. The summed E-state index contributed by atoms with van der Waals surface area (Å²) >= 11 is 0. The summed E-state index contributed by atoms with van der Waals surface area (Å²) in [5, 5.41) is 0. The maximum atomic E-state index is 13.9. The summed E-state index contributed by atoms with van der Waals surface area (Å²) in [6.45, 7) is 7.25. The van der Waals surface area contributed by atoms with Crippen LogP contribution in [-0.4, -0.2) is 36.8 Å². The molecular weight excluding hydrogens is 871 g/mol. The van der Waals surface area contributed by atoms with Crippen molar-refractivity contribution in [3.63, 3.8) is 0 Å². The van der Waals surface area contributed by atoms with Gasteiger partial charge in [-0.15, -0.1) is 0 Å². The fraction of sp³-hybridized carbons (Fsp3) is 0.280. The summed E-state index contributed by atoms with van der Waals surface area (Å²) in [5.41, 5.74) is 0.336. The first kappa shape index (κ1) is 48.2. The molecule has 6 rings (SSSR count). The molecule has 0 spiro atoms. The van der Waals surface area contributed by atoms with E-state index in [0.717, 1.165) is 35.4 Å². The van der Waals surface area contributed by atoms with Crippen LogP contribution in [0.15, 0.2) is 158 Å². The molecule has 0 heterocycles. The van der Waals surface area contributed by atoms with Gasteiger partial charge in [0.05, 0.1) is 12.2 Å². The summed E-state index contributed by atoms with van der Waals surface area (Å²) in [6, 6.07) is 42.0. The zero-order valence-corrected chi connectivity index (χ0v) is 35.4. The normalized spacial score (nSPS) is 13.8. The van der Waals surface area contributed by atoms with E-state index in [2.05, 4.69) is 9.47 Å². The first-order chi connectivity index (χ1) is 30.4. The minimum absolute atomic E-state index is 0.187. The van der Waals surface area contributed by atoms with Crippen molar-refractivity contribution in [2.75, 3.05) is 0 Å². The Bertz CT molecular complexity index is 2280. The van der Waals surface area contributed by atoms with E-state index in [1.807, 2.05) is 88.4 Å². The fourth-order valence-corrected chi connectivity index (χ4v) is 6.98. The molecule has 344 valence electrons. The lowest BCUT2D eigenvalue weighted by Crippen LogP contribution is -2.46. The molecule has 0 fully saturated rings. The second kappa shape index (κ2) is 19.1. The molecule has 0 aliphatic rings. The standard InChI is InChI=1S/C50H44F10O5/c1-45(2,35-21-25-39(26-22-35)64-49(57,58)47(51,52)53)43(31-33-13-11-19-41(29-33)61-37-15-7-5-8-16-37)63-44(32-34-14-12-20-42(30-34)62-38-17-9-6-10-18-38)46(3,4)36-23-27-40(28-24-36)65-50(59,60)48(54,55)56/h5-30,43-44H,31-32H2,1-4H3. The van der Waals surface area contributed by atoms with E-state index in [0.29, 0.717) is 34.1 Å². The van der Waals surface area contributed by atoms with Crippen molar-refractivity contribution in [3.8, 4) is 34.5 Å². The topological polar surface area (TPSA) is 46.2 Å². The molecule has 0 saturated heterocycles. The lowest BCUT2D eigenvalue weighted by Gasteiger charge is -2.43. The average Bonchev–Trinajstić information content (AvgIpc) is 3.23. The molecule has 0 amide bonds. The van der Waals surface area contributed by atoms with Crippen LogP contribution in [0.1, 0.15) is 49.9 Å². The van der Waals surface area contributed by atoms with Crippen LogP contribution in [0.25, 0.3) is 0 Å². The Morgan fingerprint density at radius 3 is 1.02 bits per heavy atom. The van der Waals surface area contributed by atoms with Crippen LogP contribution in [0.4, 0.5) is 43.9 Å². The molecule has 0 aliphatic carbocycles. The Hall–Kier alpha value is -6.22. The highest BCUT2D eigenvalue weighted by Gasteiger charge is 2.62. The molecule has 2 atom stereocenters. The number of hydrogen-bond donors (Lipinski definition) is 0. The summed E-state index contributed by atoms with van der Waals surface area (Å²) in [7, 11) is 0. The molecule has 65 heavy (non-hydrogen) atoms. The molecule has 0 saturated carbocycles. The van der Waals surface area contributed by atoms with E-state index in [9.17, 15) is 43.9 Å².